The summed E-state index contributed by atoms with van der Waals surface area (Å²) in [7, 11) is 0. The number of hydrogen-bond acceptors (Lipinski definition) is 3. The van der Waals surface area contributed by atoms with Crippen LogP contribution in [0.2, 0.25) is 10.3 Å². The predicted octanol–water partition coefficient (Wildman–Crippen LogP) is 4.21. The molecular formula is C11H7Cl2FN2S. The molecule has 1 aromatic carbocycles. The molecule has 0 amide bonds. The second-order valence-electron chi connectivity index (χ2n) is 3.15. The third-order valence-corrected chi connectivity index (χ3v) is 3.34. The lowest BCUT2D eigenvalue weighted by atomic mass is 10.3. The van der Waals surface area contributed by atoms with E-state index in [-0.39, 0.29) is 16.1 Å². The molecule has 0 aliphatic carbocycles. The van der Waals surface area contributed by atoms with Gasteiger partial charge in [0.1, 0.15) is 21.9 Å². The molecule has 1 heterocycles. The van der Waals surface area contributed by atoms with E-state index < -0.39 is 0 Å². The van der Waals surface area contributed by atoms with Crippen molar-refractivity contribution in [2.75, 3.05) is 0 Å². The molecular weight excluding hydrogens is 282 g/mol. The third kappa shape index (κ3) is 3.56. The van der Waals surface area contributed by atoms with Crippen molar-refractivity contribution in [1.82, 2.24) is 9.97 Å². The van der Waals surface area contributed by atoms with Gasteiger partial charge in [0.05, 0.1) is 5.75 Å². The quantitative estimate of drug-likeness (QED) is 0.625. The molecule has 0 unspecified atom stereocenters. The van der Waals surface area contributed by atoms with Gasteiger partial charge in [-0.25, -0.2) is 14.4 Å². The summed E-state index contributed by atoms with van der Waals surface area (Å²) in [6, 6.07) is 7.99. The van der Waals surface area contributed by atoms with Gasteiger partial charge in [0.25, 0.3) is 0 Å². The fourth-order valence-electron chi connectivity index (χ4n) is 1.20. The normalized spacial score (nSPS) is 10.5. The minimum Gasteiger partial charge on any atom is -0.220 e. The zero-order valence-electron chi connectivity index (χ0n) is 8.53. The van der Waals surface area contributed by atoms with E-state index in [2.05, 4.69) is 9.97 Å². The first-order chi connectivity index (χ1) is 8.15. The Balaban J connectivity index is 2.10. The zero-order chi connectivity index (χ0) is 12.3. The molecule has 88 valence electrons. The number of rotatable bonds is 3. The molecule has 0 fully saturated rings. The Morgan fingerprint density at radius 1 is 1.12 bits per heavy atom. The second-order valence-corrected chi connectivity index (χ2v) is 4.94. The lowest BCUT2D eigenvalue weighted by Crippen LogP contribution is -1.93. The summed E-state index contributed by atoms with van der Waals surface area (Å²) in [6.45, 7) is 0. The zero-order valence-corrected chi connectivity index (χ0v) is 10.9. The molecule has 0 atom stereocenters. The number of hydrogen-bond donors (Lipinski definition) is 0. The maximum Gasteiger partial charge on any atom is 0.142 e. The summed E-state index contributed by atoms with van der Waals surface area (Å²) < 4.78 is 13.3. The van der Waals surface area contributed by atoms with Crippen molar-refractivity contribution in [2.24, 2.45) is 0 Å². The molecule has 0 saturated heterocycles. The van der Waals surface area contributed by atoms with Gasteiger partial charge in [-0.3, -0.25) is 0 Å². The molecule has 2 nitrogen and oxygen atoms in total. The highest BCUT2D eigenvalue weighted by atomic mass is 35.5. The van der Waals surface area contributed by atoms with Crippen molar-refractivity contribution in [3.05, 3.63) is 52.3 Å². The summed E-state index contributed by atoms with van der Waals surface area (Å²) in [6.07, 6.45) is 0. The molecule has 1 aromatic heterocycles. The van der Waals surface area contributed by atoms with Crippen LogP contribution in [0.15, 0.2) is 35.2 Å². The van der Waals surface area contributed by atoms with Crippen LogP contribution >= 0.6 is 35.0 Å². The summed E-state index contributed by atoms with van der Waals surface area (Å²) in [5.74, 6) is 0.641. The van der Waals surface area contributed by atoms with E-state index >= 15 is 0 Å². The van der Waals surface area contributed by atoms with Crippen molar-refractivity contribution in [1.29, 1.82) is 0 Å². The molecule has 6 heteroatoms. The van der Waals surface area contributed by atoms with E-state index in [0.29, 0.717) is 16.5 Å². The van der Waals surface area contributed by atoms with E-state index in [4.69, 9.17) is 23.2 Å². The largest absolute Gasteiger partial charge is 0.220 e. The number of halogens is 3. The van der Waals surface area contributed by atoms with Crippen molar-refractivity contribution in [3.63, 3.8) is 0 Å². The number of aromatic nitrogens is 2. The second kappa shape index (κ2) is 5.67. The fourth-order valence-corrected chi connectivity index (χ4v) is 2.46. The van der Waals surface area contributed by atoms with E-state index in [9.17, 15) is 4.39 Å². The van der Waals surface area contributed by atoms with Gasteiger partial charge in [-0.15, -0.1) is 11.8 Å². The average molecular weight is 289 g/mol. The number of nitrogens with zero attached hydrogens (tertiary/aromatic N) is 2. The van der Waals surface area contributed by atoms with Crippen LogP contribution in [0.4, 0.5) is 4.39 Å². The molecule has 0 radical (unpaired) electrons. The summed E-state index contributed by atoms with van der Waals surface area (Å²) in [5.41, 5.74) is 0. The summed E-state index contributed by atoms with van der Waals surface area (Å²) in [5, 5.41) is 0.572. The Morgan fingerprint density at radius 3 is 2.41 bits per heavy atom. The van der Waals surface area contributed by atoms with Crippen LogP contribution < -0.4 is 0 Å². The predicted molar refractivity (Wildman–Crippen MR) is 68.0 cm³/mol. The summed E-state index contributed by atoms with van der Waals surface area (Å²) >= 11 is 12.8. The Labute approximate surface area is 112 Å². The van der Waals surface area contributed by atoms with Crippen molar-refractivity contribution >= 4 is 35.0 Å². The first-order valence-corrected chi connectivity index (χ1v) is 6.45. The van der Waals surface area contributed by atoms with Crippen LogP contribution in [-0.2, 0) is 5.75 Å². The molecule has 0 aliphatic heterocycles. The molecule has 0 spiro atoms. The molecule has 2 aromatic rings. The maximum atomic E-state index is 13.3. The van der Waals surface area contributed by atoms with Crippen LogP contribution in [0.25, 0.3) is 0 Å². The SMILES string of the molecule is Fc1ccccc1SCc1nc(Cl)cc(Cl)n1. The van der Waals surface area contributed by atoms with Crippen LogP contribution in [0.1, 0.15) is 5.82 Å². The van der Waals surface area contributed by atoms with Crippen LogP contribution in [-0.4, -0.2) is 9.97 Å². The fraction of sp³-hybridized carbons (Fsp3) is 0.0909. The molecule has 0 bridgehead atoms. The Bertz CT molecular complexity index is 516. The number of benzene rings is 1. The van der Waals surface area contributed by atoms with Gasteiger partial charge in [-0.1, -0.05) is 35.3 Å². The average Bonchev–Trinajstić information content (AvgIpc) is 2.27. The van der Waals surface area contributed by atoms with Gasteiger partial charge in [-0.2, -0.15) is 0 Å². The highest BCUT2D eigenvalue weighted by molar-refractivity contribution is 7.98. The van der Waals surface area contributed by atoms with Gasteiger partial charge in [-0.05, 0) is 12.1 Å². The van der Waals surface area contributed by atoms with Gasteiger partial charge >= 0.3 is 0 Å². The van der Waals surface area contributed by atoms with E-state index in [0.717, 1.165) is 0 Å². The minimum absolute atomic E-state index is 0.259. The van der Waals surface area contributed by atoms with Crippen LogP contribution in [0.3, 0.4) is 0 Å². The number of thioether (sulfide) groups is 1. The molecule has 2 rings (SSSR count). The Kier molecular flexibility index (Phi) is 4.20. The Morgan fingerprint density at radius 2 is 1.76 bits per heavy atom. The van der Waals surface area contributed by atoms with Crippen molar-refractivity contribution in [3.8, 4) is 0 Å². The monoisotopic (exact) mass is 288 g/mol. The van der Waals surface area contributed by atoms with Gasteiger partial charge in [0.15, 0.2) is 0 Å². The lowest BCUT2D eigenvalue weighted by Gasteiger charge is -2.02. The molecule has 0 saturated carbocycles. The molecule has 17 heavy (non-hydrogen) atoms. The van der Waals surface area contributed by atoms with Gasteiger partial charge in [0, 0.05) is 11.0 Å². The topological polar surface area (TPSA) is 25.8 Å². The van der Waals surface area contributed by atoms with E-state index in [1.165, 1.54) is 23.9 Å². The van der Waals surface area contributed by atoms with Gasteiger partial charge < -0.3 is 0 Å². The van der Waals surface area contributed by atoms with Crippen molar-refractivity contribution in [2.45, 2.75) is 10.6 Å². The minimum atomic E-state index is -0.259. The lowest BCUT2D eigenvalue weighted by molar-refractivity contribution is 0.602. The molecule has 0 aliphatic rings. The van der Waals surface area contributed by atoms with E-state index in [1.807, 2.05) is 0 Å². The van der Waals surface area contributed by atoms with Crippen LogP contribution in [0, 0.1) is 5.82 Å². The standard InChI is InChI=1S/C11H7Cl2FN2S/c12-9-5-10(13)16-11(15-9)6-17-8-4-2-1-3-7(8)14/h1-5H,6H2. The van der Waals surface area contributed by atoms with Crippen molar-refractivity contribution < 1.29 is 4.39 Å². The Hall–Kier alpha value is -0.840. The highest BCUT2D eigenvalue weighted by Crippen LogP contribution is 2.24. The van der Waals surface area contributed by atoms with E-state index in [1.54, 1.807) is 18.2 Å². The molecule has 0 N–H and O–H groups in total. The first kappa shape index (κ1) is 12.6. The third-order valence-electron chi connectivity index (χ3n) is 1.90. The highest BCUT2D eigenvalue weighted by Gasteiger charge is 2.05. The first-order valence-electron chi connectivity index (χ1n) is 4.71. The summed E-state index contributed by atoms with van der Waals surface area (Å²) in [4.78, 5) is 8.56. The van der Waals surface area contributed by atoms with Gasteiger partial charge in [0.2, 0.25) is 0 Å². The smallest absolute Gasteiger partial charge is 0.142 e. The van der Waals surface area contributed by atoms with Crippen LogP contribution in [0.5, 0.6) is 0 Å². The maximum absolute atomic E-state index is 13.3.